The second kappa shape index (κ2) is 4.70. The lowest BCUT2D eigenvalue weighted by Gasteiger charge is -2.02. The van der Waals surface area contributed by atoms with Crippen molar-refractivity contribution in [3.8, 4) is 11.5 Å². The molecule has 1 heterocycles. The van der Waals surface area contributed by atoms with Crippen molar-refractivity contribution in [3.05, 3.63) is 57.1 Å². The fraction of sp³-hybridized carbons (Fsp3) is 0.188. The van der Waals surface area contributed by atoms with Crippen molar-refractivity contribution in [2.45, 2.75) is 20.8 Å². The molecule has 3 aromatic rings. The van der Waals surface area contributed by atoms with Gasteiger partial charge in [-0.05, 0) is 32.4 Å². The summed E-state index contributed by atoms with van der Waals surface area (Å²) in [5.41, 5.74) is 4.92. The zero-order valence-corrected chi connectivity index (χ0v) is 12.0. The Hall–Kier alpha value is -2.69. The van der Waals surface area contributed by atoms with Crippen molar-refractivity contribution in [2.24, 2.45) is 0 Å². The van der Waals surface area contributed by atoms with Crippen molar-refractivity contribution >= 4 is 16.8 Å². The first-order valence-corrected chi connectivity index (χ1v) is 6.59. The number of rotatable bonds is 2. The first-order valence-electron chi connectivity index (χ1n) is 6.59. The minimum Gasteiger partial charge on any atom is -0.436 e. The first kappa shape index (κ1) is 13.3. The van der Waals surface area contributed by atoms with Crippen LogP contribution in [0.25, 0.3) is 22.6 Å². The fourth-order valence-electron chi connectivity index (χ4n) is 2.37. The molecule has 1 aromatic heterocycles. The lowest BCUT2D eigenvalue weighted by atomic mass is 10.1. The standard InChI is InChI=1S/C16H14N2O3/c1-9-4-5-10(2)13(6-9)16-17-14-8-12(18(19)20)7-11(3)15(14)21-16/h4-8H,1-3H3. The first-order chi connectivity index (χ1) is 9.95. The van der Waals surface area contributed by atoms with Crippen LogP contribution in [0.4, 0.5) is 5.69 Å². The minimum absolute atomic E-state index is 0.0285. The maximum absolute atomic E-state index is 10.9. The Bertz CT molecular complexity index is 865. The van der Waals surface area contributed by atoms with Crippen LogP contribution in [-0.2, 0) is 0 Å². The third-order valence-electron chi connectivity index (χ3n) is 3.49. The Morgan fingerprint density at radius 1 is 1.10 bits per heavy atom. The van der Waals surface area contributed by atoms with Gasteiger partial charge in [-0.25, -0.2) is 4.98 Å². The van der Waals surface area contributed by atoms with Gasteiger partial charge in [0.15, 0.2) is 5.58 Å². The highest BCUT2D eigenvalue weighted by atomic mass is 16.6. The van der Waals surface area contributed by atoms with Crippen molar-refractivity contribution in [3.63, 3.8) is 0 Å². The monoisotopic (exact) mass is 282 g/mol. The highest BCUT2D eigenvalue weighted by molar-refractivity contribution is 5.82. The van der Waals surface area contributed by atoms with E-state index in [1.54, 1.807) is 6.92 Å². The summed E-state index contributed by atoms with van der Waals surface area (Å²) >= 11 is 0. The van der Waals surface area contributed by atoms with Crippen molar-refractivity contribution in [1.82, 2.24) is 4.98 Å². The Kier molecular flexibility index (Phi) is 2.97. The van der Waals surface area contributed by atoms with E-state index in [2.05, 4.69) is 4.98 Å². The third kappa shape index (κ3) is 2.27. The van der Waals surface area contributed by atoms with Gasteiger partial charge in [-0.15, -0.1) is 0 Å². The molecule has 0 aliphatic rings. The van der Waals surface area contributed by atoms with Crippen LogP contribution in [0.1, 0.15) is 16.7 Å². The van der Waals surface area contributed by atoms with Crippen LogP contribution in [0, 0.1) is 30.9 Å². The summed E-state index contributed by atoms with van der Waals surface area (Å²) in [6, 6.07) is 8.98. The molecule has 2 aromatic carbocycles. The number of nitro benzene ring substituents is 1. The Morgan fingerprint density at radius 2 is 1.86 bits per heavy atom. The fourth-order valence-corrected chi connectivity index (χ4v) is 2.37. The van der Waals surface area contributed by atoms with E-state index in [1.165, 1.54) is 12.1 Å². The molecular weight excluding hydrogens is 268 g/mol. The second-order valence-electron chi connectivity index (χ2n) is 5.21. The Morgan fingerprint density at radius 3 is 2.57 bits per heavy atom. The molecule has 0 spiro atoms. The summed E-state index contributed by atoms with van der Waals surface area (Å²) in [6.45, 7) is 5.77. The summed E-state index contributed by atoms with van der Waals surface area (Å²) < 4.78 is 5.82. The molecule has 0 N–H and O–H groups in total. The minimum atomic E-state index is -0.418. The molecule has 0 fully saturated rings. The molecule has 21 heavy (non-hydrogen) atoms. The molecule has 0 unspecified atom stereocenters. The van der Waals surface area contributed by atoms with Gasteiger partial charge in [0.05, 0.1) is 4.92 Å². The summed E-state index contributed by atoms with van der Waals surface area (Å²) in [5.74, 6) is 0.495. The number of nitro groups is 1. The molecule has 0 amide bonds. The molecule has 106 valence electrons. The second-order valence-corrected chi connectivity index (χ2v) is 5.21. The molecule has 0 bridgehead atoms. The van der Waals surface area contributed by atoms with E-state index in [1.807, 2.05) is 32.0 Å². The molecule has 0 saturated heterocycles. The normalized spacial score (nSPS) is 11.0. The Balaban J connectivity index is 2.24. The quantitative estimate of drug-likeness (QED) is 0.518. The SMILES string of the molecule is Cc1ccc(C)c(-c2nc3cc([N+](=O)[O-])cc(C)c3o2)c1. The van der Waals surface area contributed by atoms with E-state index < -0.39 is 4.92 Å². The number of oxazole rings is 1. The number of hydrogen-bond donors (Lipinski definition) is 0. The highest BCUT2D eigenvalue weighted by Crippen LogP contribution is 2.31. The third-order valence-corrected chi connectivity index (χ3v) is 3.49. The summed E-state index contributed by atoms with van der Waals surface area (Å²) in [5, 5.41) is 10.9. The topological polar surface area (TPSA) is 69.2 Å². The van der Waals surface area contributed by atoms with Gasteiger partial charge in [0.2, 0.25) is 5.89 Å². The van der Waals surface area contributed by atoms with Crippen LogP contribution < -0.4 is 0 Å². The van der Waals surface area contributed by atoms with E-state index >= 15 is 0 Å². The largest absolute Gasteiger partial charge is 0.436 e. The van der Waals surface area contributed by atoms with Crippen molar-refractivity contribution in [2.75, 3.05) is 0 Å². The molecule has 0 aliphatic carbocycles. The van der Waals surface area contributed by atoms with Crippen LogP contribution in [0.15, 0.2) is 34.7 Å². The molecule has 0 radical (unpaired) electrons. The van der Waals surface area contributed by atoms with Gasteiger partial charge in [0.25, 0.3) is 5.69 Å². The van der Waals surface area contributed by atoms with Gasteiger partial charge < -0.3 is 4.42 Å². The molecular formula is C16H14N2O3. The van der Waals surface area contributed by atoms with Crippen LogP contribution in [0.5, 0.6) is 0 Å². The molecule has 5 heteroatoms. The number of aryl methyl sites for hydroxylation is 3. The molecule has 0 atom stereocenters. The predicted molar refractivity (Wildman–Crippen MR) is 80.3 cm³/mol. The number of hydrogen-bond acceptors (Lipinski definition) is 4. The average molecular weight is 282 g/mol. The van der Waals surface area contributed by atoms with Crippen LogP contribution >= 0.6 is 0 Å². The maximum Gasteiger partial charge on any atom is 0.272 e. The van der Waals surface area contributed by atoms with E-state index in [-0.39, 0.29) is 5.69 Å². The smallest absolute Gasteiger partial charge is 0.272 e. The number of benzene rings is 2. The van der Waals surface area contributed by atoms with Crippen LogP contribution in [-0.4, -0.2) is 9.91 Å². The van der Waals surface area contributed by atoms with Crippen molar-refractivity contribution < 1.29 is 9.34 Å². The van der Waals surface area contributed by atoms with Crippen molar-refractivity contribution in [1.29, 1.82) is 0 Å². The van der Waals surface area contributed by atoms with Gasteiger partial charge in [0.1, 0.15) is 5.52 Å². The summed E-state index contributed by atoms with van der Waals surface area (Å²) in [4.78, 5) is 14.9. The molecule has 5 nitrogen and oxygen atoms in total. The van der Waals surface area contributed by atoms with E-state index in [0.717, 1.165) is 16.7 Å². The number of fused-ring (bicyclic) bond motifs is 1. The predicted octanol–water partition coefficient (Wildman–Crippen LogP) is 4.33. The van der Waals surface area contributed by atoms with E-state index in [9.17, 15) is 10.1 Å². The van der Waals surface area contributed by atoms with Crippen LogP contribution in [0.2, 0.25) is 0 Å². The number of nitrogens with zero attached hydrogens (tertiary/aromatic N) is 2. The lowest BCUT2D eigenvalue weighted by molar-refractivity contribution is -0.384. The average Bonchev–Trinajstić information content (AvgIpc) is 2.85. The zero-order chi connectivity index (χ0) is 15.1. The van der Waals surface area contributed by atoms with Crippen LogP contribution in [0.3, 0.4) is 0 Å². The van der Waals surface area contributed by atoms with Gasteiger partial charge in [-0.3, -0.25) is 10.1 Å². The Labute approximate surface area is 121 Å². The van der Waals surface area contributed by atoms with Gasteiger partial charge in [0, 0.05) is 23.3 Å². The maximum atomic E-state index is 10.9. The van der Waals surface area contributed by atoms with E-state index in [4.69, 9.17) is 4.42 Å². The zero-order valence-electron chi connectivity index (χ0n) is 12.0. The van der Waals surface area contributed by atoms with Gasteiger partial charge in [-0.1, -0.05) is 17.7 Å². The summed E-state index contributed by atoms with van der Waals surface area (Å²) in [7, 11) is 0. The van der Waals surface area contributed by atoms with Gasteiger partial charge in [-0.2, -0.15) is 0 Å². The molecule has 3 rings (SSSR count). The van der Waals surface area contributed by atoms with Gasteiger partial charge >= 0.3 is 0 Å². The lowest BCUT2D eigenvalue weighted by Crippen LogP contribution is -1.88. The van der Waals surface area contributed by atoms with E-state index in [0.29, 0.717) is 22.6 Å². The molecule has 0 aliphatic heterocycles. The summed E-state index contributed by atoms with van der Waals surface area (Å²) in [6.07, 6.45) is 0. The number of aromatic nitrogens is 1. The number of non-ortho nitro benzene ring substituents is 1. The highest BCUT2D eigenvalue weighted by Gasteiger charge is 2.16. The molecule has 0 saturated carbocycles.